The number of benzene rings is 1. The van der Waals surface area contributed by atoms with Crippen molar-refractivity contribution in [2.24, 2.45) is 17.2 Å². The van der Waals surface area contributed by atoms with E-state index in [9.17, 15) is 0 Å². The number of rotatable bonds is 6. The van der Waals surface area contributed by atoms with E-state index in [1.807, 2.05) is 12.1 Å². The molecule has 0 radical (unpaired) electrons. The first-order valence-electron chi connectivity index (χ1n) is 7.71. The predicted octanol–water partition coefficient (Wildman–Crippen LogP) is 3.81. The fourth-order valence-electron chi connectivity index (χ4n) is 3.93. The molecule has 0 saturated heterocycles. The van der Waals surface area contributed by atoms with E-state index in [0.29, 0.717) is 11.3 Å². The third kappa shape index (κ3) is 3.15. The molecule has 0 amide bonds. The van der Waals surface area contributed by atoms with Crippen molar-refractivity contribution in [1.29, 1.82) is 0 Å². The Labute approximate surface area is 122 Å². The van der Waals surface area contributed by atoms with Gasteiger partial charge in [0.2, 0.25) is 0 Å². The fourth-order valence-corrected chi connectivity index (χ4v) is 3.93. The second kappa shape index (κ2) is 6.59. The summed E-state index contributed by atoms with van der Waals surface area (Å²) in [6.07, 6.45) is 6.41. The maximum absolute atomic E-state index is 5.93. The number of hydrogen-bond donors (Lipinski definition) is 2. The van der Waals surface area contributed by atoms with Crippen molar-refractivity contribution < 1.29 is 4.74 Å². The van der Waals surface area contributed by atoms with Gasteiger partial charge in [-0.15, -0.1) is 0 Å². The van der Waals surface area contributed by atoms with Gasteiger partial charge in [-0.1, -0.05) is 38.8 Å². The molecule has 1 aliphatic carbocycles. The maximum atomic E-state index is 5.93. The van der Waals surface area contributed by atoms with Crippen molar-refractivity contribution >= 4 is 0 Å². The second-order valence-corrected chi connectivity index (χ2v) is 6.54. The van der Waals surface area contributed by atoms with Crippen LogP contribution in [0.15, 0.2) is 24.3 Å². The summed E-state index contributed by atoms with van der Waals surface area (Å²) >= 11 is 0. The van der Waals surface area contributed by atoms with Crippen LogP contribution in [-0.4, -0.2) is 7.11 Å². The van der Waals surface area contributed by atoms with E-state index in [1.165, 1.54) is 37.7 Å². The van der Waals surface area contributed by atoms with Crippen LogP contribution in [0.2, 0.25) is 0 Å². The zero-order valence-corrected chi connectivity index (χ0v) is 13.0. The average Bonchev–Trinajstić information content (AvgIpc) is 2.88. The molecule has 1 unspecified atom stereocenters. The highest BCUT2D eigenvalue weighted by atomic mass is 16.5. The summed E-state index contributed by atoms with van der Waals surface area (Å²) in [6, 6.07) is 8.57. The second-order valence-electron chi connectivity index (χ2n) is 6.54. The zero-order valence-electron chi connectivity index (χ0n) is 13.0. The summed E-state index contributed by atoms with van der Waals surface area (Å²) in [5.41, 5.74) is 4.68. The molecule has 1 aromatic carbocycles. The standard InChI is InChI=1S/C17H28N2O/c1-13(2)12-17(10-4-5-11-17)16(19-18)14-6-8-15(20-3)9-7-14/h6-9,13,16,19H,4-5,10-12,18H2,1-3H3. The summed E-state index contributed by atoms with van der Waals surface area (Å²) in [5.74, 6) is 7.53. The lowest BCUT2D eigenvalue weighted by molar-refractivity contribution is 0.156. The fraction of sp³-hybridized carbons (Fsp3) is 0.647. The van der Waals surface area contributed by atoms with Crippen molar-refractivity contribution in [3.8, 4) is 5.75 Å². The van der Waals surface area contributed by atoms with E-state index in [1.54, 1.807) is 7.11 Å². The Kier molecular flexibility index (Phi) is 5.06. The first-order chi connectivity index (χ1) is 9.61. The van der Waals surface area contributed by atoms with Crippen molar-refractivity contribution in [1.82, 2.24) is 5.43 Å². The monoisotopic (exact) mass is 276 g/mol. The van der Waals surface area contributed by atoms with Gasteiger partial charge in [-0.25, -0.2) is 0 Å². The van der Waals surface area contributed by atoms with Crippen LogP contribution in [0.1, 0.15) is 57.6 Å². The van der Waals surface area contributed by atoms with Crippen molar-refractivity contribution in [3.63, 3.8) is 0 Å². The summed E-state index contributed by atoms with van der Waals surface area (Å²) in [6.45, 7) is 4.61. The van der Waals surface area contributed by atoms with Crippen LogP contribution in [0.4, 0.5) is 0 Å². The zero-order chi connectivity index (χ0) is 14.6. The summed E-state index contributed by atoms with van der Waals surface area (Å²) in [4.78, 5) is 0. The van der Waals surface area contributed by atoms with E-state index >= 15 is 0 Å². The molecule has 20 heavy (non-hydrogen) atoms. The third-order valence-corrected chi connectivity index (χ3v) is 4.64. The Bertz CT molecular complexity index is 408. The Balaban J connectivity index is 2.27. The van der Waals surface area contributed by atoms with Crippen LogP contribution in [0.5, 0.6) is 5.75 Å². The summed E-state index contributed by atoms with van der Waals surface area (Å²) in [7, 11) is 1.70. The molecule has 0 spiro atoms. The molecule has 1 aromatic rings. The number of ether oxygens (including phenoxy) is 1. The minimum absolute atomic E-state index is 0.235. The number of hydrazine groups is 1. The van der Waals surface area contributed by atoms with Gasteiger partial charge in [0.1, 0.15) is 5.75 Å². The largest absolute Gasteiger partial charge is 0.497 e. The molecule has 1 saturated carbocycles. The molecular weight excluding hydrogens is 248 g/mol. The molecule has 1 aliphatic rings. The average molecular weight is 276 g/mol. The molecule has 0 aliphatic heterocycles. The molecule has 1 fully saturated rings. The van der Waals surface area contributed by atoms with E-state index in [2.05, 4.69) is 31.4 Å². The SMILES string of the molecule is COc1ccc(C(NN)C2(CC(C)C)CCCC2)cc1. The van der Waals surface area contributed by atoms with Crippen molar-refractivity contribution in [2.45, 2.75) is 52.0 Å². The minimum Gasteiger partial charge on any atom is -0.497 e. The third-order valence-electron chi connectivity index (χ3n) is 4.64. The highest BCUT2D eigenvalue weighted by molar-refractivity contribution is 5.30. The molecule has 1 atom stereocenters. The topological polar surface area (TPSA) is 47.3 Å². The van der Waals surface area contributed by atoms with Crippen LogP contribution >= 0.6 is 0 Å². The van der Waals surface area contributed by atoms with Gasteiger partial charge < -0.3 is 4.74 Å². The van der Waals surface area contributed by atoms with Crippen LogP contribution in [0.25, 0.3) is 0 Å². The molecule has 2 rings (SSSR count). The number of nitrogens with one attached hydrogen (secondary N) is 1. The Hall–Kier alpha value is -1.06. The Morgan fingerprint density at radius 3 is 2.25 bits per heavy atom. The van der Waals surface area contributed by atoms with Gasteiger partial charge in [0, 0.05) is 0 Å². The van der Waals surface area contributed by atoms with E-state index in [4.69, 9.17) is 10.6 Å². The first-order valence-corrected chi connectivity index (χ1v) is 7.71. The van der Waals surface area contributed by atoms with Crippen LogP contribution in [0, 0.1) is 11.3 Å². The normalized spacial score (nSPS) is 19.2. The molecule has 0 aromatic heterocycles. The summed E-state index contributed by atoms with van der Waals surface area (Å²) < 4.78 is 5.25. The maximum Gasteiger partial charge on any atom is 0.118 e. The van der Waals surface area contributed by atoms with Gasteiger partial charge in [0.25, 0.3) is 0 Å². The molecule has 3 heteroatoms. The Morgan fingerprint density at radius 1 is 1.20 bits per heavy atom. The lowest BCUT2D eigenvalue weighted by Crippen LogP contribution is -2.41. The smallest absolute Gasteiger partial charge is 0.118 e. The summed E-state index contributed by atoms with van der Waals surface area (Å²) in [5, 5.41) is 0. The highest BCUT2D eigenvalue weighted by Gasteiger charge is 2.41. The Morgan fingerprint density at radius 2 is 1.80 bits per heavy atom. The van der Waals surface area contributed by atoms with E-state index in [0.717, 1.165) is 5.75 Å². The van der Waals surface area contributed by atoms with Crippen LogP contribution < -0.4 is 16.0 Å². The lowest BCUT2D eigenvalue weighted by Gasteiger charge is -2.39. The quantitative estimate of drug-likeness (QED) is 0.613. The number of nitrogens with two attached hydrogens (primary N) is 1. The molecule has 112 valence electrons. The highest BCUT2D eigenvalue weighted by Crippen LogP contribution is 2.51. The molecule has 3 N–H and O–H groups in total. The van der Waals surface area contributed by atoms with Crippen LogP contribution in [-0.2, 0) is 0 Å². The van der Waals surface area contributed by atoms with Gasteiger partial charge >= 0.3 is 0 Å². The van der Waals surface area contributed by atoms with Gasteiger partial charge in [0.15, 0.2) is 0 Å². The van der Waals surface area contributed by atoms with Gasteiger partial charge in [-0.05, 0) is 48.3 Å². The molecule has 0 bridgehead atoms. The van der Waals surface area contributed by atoms with E-state index < -0.39 is 0 Å². The van der Waals surface area contributed by atoms with Crippen molar-refractivity contribution in [2.75, 3.05) is 7.11 Å². The first kappa shape index (κ1) is 15.3. The predicted molar refractivity (Wildman–Crippen MR) is 83.4 cm³/mol. The number of hydrogen-bond acceptors (Lipinski definition) is 3. The van der Waals surface area contributed by atoms with Gasteiger partial charge in [-0.3, -0.25) is 11.3 Å². The lowest BCUT2D eigenvalue weighted by atomic mass is 9.70. The van der Waals surface area contributed by atoms with Gasteiger partial charge in [-0.2, -0.15) is 0 Å². The van der Waals surface area contributed by atoms with Gasteiger partial charge in [0.05, 0.1) is 13.2 Å². The molecule has 3 nitrogen and oxygen atoms in total. The molecule has 0 heterocycles. The van der Waals surface area contributed by atoms with Crippen LogP contribution in [0.3, 0.4) is 0 Å². The van der Waals surface area contributed by atoms with E-state index in [-0.39, 0.29) is 6.04 Å². The van der Waals surface area contributed by atoms with Crippen molar-refractivity contribution in [3.05, 3.63) is 29.8 Å². The molecular formula is C17H28N2O. The number of methoxy groups -OCH3 is 1. The minimum atomic E-state index is 0.235.